The number of carbonyl (C=O) groups excluding carboxylic acids is 2. The van der Waals surface area contributed by atoms with E-state index in [4.69, 9.17) is 11.6 Å². The number of amides is 4. The minimum atomic E-state index is -4.22. The summed E-state index contributed by atoms with van der Waals surface area (Å²) in [4.78, 5) is 23.7. The second-order valence-electron chi connectivity index (χ2n) is 3.49. The molecule has 1 aliphatic rings. The van der Waals surface area contributed by atoms with Gasteiger partial charge < -0.3 is 0 Å². The highest BCUT2D eigenvalue weighted by Crippen LogP contribution is 2.23. The molecule has 18 heavy (non-hydrogen) atoms. The van der Waals surface area contributed by atoms with Crippen LogP contribution in [0.4, 0.5) is 15.3 Å². The second-order valence-corrected chi connectivity index (χ2v) is 5.45. The fourth-order valence-corrected chi connectivity index (χ4v) is 2.68. The number of nitrogens with zero attached hydrogens (tertiary/aromatic N) is 2. The molecule has 0 unspecified atom stereocenters. The van der Waals surface area contributed by atoms with Gasteiger partial charge in [0.25, 0.3) is 0 Å². The Morgan fingerprint density at radius 3 is 2.28 bits per heavy atom. The Labute approximate surface area is 108 Å². The number of rotatable bonds is 1. The van der Waals surface area contributed by atoms with Crippen molar-refractivity contribution in [1.82, 2.24) is 9.62 Å². The van der Waals surface area contributed by atoms with E-state index in [0.29, 0.717) is 14.2 Å². The van der Waals surface area contributed by atoms with Crippen LogP contribution in [0.25, 0.3) is 0 Å². The van der Waals surface area contributed by atoms with Gasteiger partial charge in [-0.25, -0.2) is 19.2 Å². The number of hydrogen-bond donors (Lipinski definition) is 1. The van der Waals surface area contributed by atoms with Crippen LogP contribution in [0, 0.1) is 0 Å². The molecule has 0 aliphatic carbocycles. The van der Waals surface area contributed by atoms with Crippen LogP contribution in [0.3, 0.4) is 0 Å². The summed E-state index contributed by atoms with van der Waals surface area (Å²) >= 11 is 5.68. The molecular weight excluding hydrogens is 282 g/mol. The number of carbonyl (C=O) groups is 2. The maximum atomic E-state index is 11.8. The van der Waals surface area contributed by atoms with Gasteiger partial charge in [-0.15, -0.1) is 0 Å². The van der Waals surface area contributed by atoms with E-state index in [-0.39, 0.29) is 5.69 Å². The van der Waals surface area contributed by atoms with Crippen molar-refractivity contribution in [2.75, 3.05) is 11.4 Å². The first-order chi connectivity index (χ1) is 8.33. The topological polar surface area (TPSA) is 86.8 Å². The van der Waals surface area contributed by atoms with E-state index >= 15 is 0 Å². The molecule has 4 amide bonds. The molecule has 96 valence electrons. The summed E-state index contributed by atoms with van der Waals surface area (Å²) < 4.78 is 25.7. The van der Waals surface area contributed by atoms with E-state index in [1.54, 1.807) is 4.72 Å². The van der Waals surface area contributed by atoms with Crippen LogP contribution < -0.4 is 9.03 Å². The van der Waals surface area contributed by atoms with Crippen molar-refractivity contribution < 1.29 is 18.0 Å². The molecule has 1 N–H and O–H groups in total. The number of halogens is 1. The van der Waals surface area contributed by atoms with Crippen molar-refractivity contribution in [1.29, 1.82) is 0 Å². The first-order valence-corrected chi connectivity index (χ1v) is 6.55. The monoisotopic (exact) mass is 289 g/mol. The van der Waals surface area contributed by atoms with Crippen molar-refractivity contribution in [3.63, 3.8) is 0 Å². The van der Waals surface area contributed by atoms with Gasteiger partial charge in [-0.05, 0) is 24.3 Å². The maximum absolute atomic E-state index is 11.8. The zero-order valence-corrected chi connectivity index (χ0v) is 10.7. The summed E-state index contributed by atoms with van der Waals surface area (Å²) in [6.45, 7) is 0. The van der Waals surface area contributed by atoms with Crippen LogP contribution in [-0.4, -0.2) is 32.4 Å². The molecule has 9 heteroatoms. The summed E-state index contributed by atoms with van der Waals surface area (Å²) in [5.74, 6) is 0. The van der Waals surface area contributed by atoms with Gasteiger partial charge in [-0.2, -0.15) is 12.7 Å². The molecular formula is C9H8ClN3O4S. The van der Waals surface area contributed by atoms with E-state index < -0.39 is 22.3 Å². The molecule has 1 aromatic rings. The molecule has 2 rings (SSSR count). The van der Waals surface area contributed by atoms with Crippen LogP contribution in [0.5, 0.6) is 0 Å². The van der Waals surface area contributed by atoms with Crippen molar-refractivity contribution >= 4 is 39.6 Å². The molecule has 7 nitrogen and oxygen atoms in total. The van der Waals surface area contributed by atoms with Gasteiger partial charge in [0.05, 0.1) is 5.69 Å². The average molecular weight is 290 g/mol. The highest BCUT2D eigenvalue weighted by atomic mass is 35.5. The average Bonchev–Trinajstić information content (AvgIpc) is 2.28. The van der Waals surface area contributed by atoms with Crippen molar-refractivity contribution in [3.8, 4) is 0 Å². The highest BCUT2D eigenvalue weighted by molar-refractivity contribution is 7.92. The Hall–Kier alpha value is -1.80. The lowest BCUT2D eigenvalue weighted by atomic mass is 10.3. The largest absolute Gasteiger partial charge is 0.347 e. The molecule has 1 heterocycles. The van der Waals surface area contributed by atoms with E-state index in [1.807, 2.05) is 0 Å². The van der Waals surface area contributed by atoms with Crippen LogP contribution in [0.1, 0.15) is 0 Å². The van der Waals surface area contributed by atoms with Crippen molar-refractivity contribution in [2.45, 2.75) is 0 Å². The van der Waals surface area contributed by atoms with E-state index in [1.165, 1.54) is 31.3 Å². The highest BCUT2D eigenvalue weighted by Gasteiger charge is 2.40. The first-order valence-electron chi connectivity index (χ1n) is 4.73. The third-order valence-electron chi connectivity index (χ3n) is 2.28. The molecule has 0 atom stereocenters. The minimum Gasteiger partial charge on any atom is -0.247 e. The van der Waals surface area contributed by atoms with Gasteiger partial charge in [-0.3, -0.25) is 0 Å². The lowest BCUT2D eigenvalue weighted by molar-refractivity contribution is 0.201. The lowest BCUT2D eigenvalue weighted by Gasteiger charge is -2.31. The van der Waals surface area contributed by atoms with E-state index in [2.05, 4.69) is 0 Å². The zero-order chi connectivity index (χ0) is 13.5. The number of hydrogen-bond acceptors (Lipinski definition) is 4. The summed E-state index contributed by atoms with van der Waals surface area (Å²) in [6, 6.07) is 3.66. The maximum Gasteiger partial charge on any atom is 0.347 e. The SMILES string of the molecule is CN1C(=O)NS(=O)(=O)N(c2ccc(Cl)cc2)C1=O. The van der Waals surface area contributed by atoms with Gasteiger partial charge in [-0.1, -0.05) is 11.6 Å². The summed E-state index contributed by atoms with van der Waals surface area (Å²) in [5.41, 5.74) is 0.0938. The number of nitrogens with one attached hydrogen (secondary N) is 1. The molecule has 1 aromatic carbocycles. The number of benzene rings is 1. The Morgan fingerprint density at radius 2 is 1.72 bits per heavy atom. The van der Waals surface area contributed by atoms with Gasteiger partial charge in [0.1, 0.15) is 0 Å². The molecule has 0 spiro atoms. The molecule has 0 radical (unpaired) electrons. The quantitative estimate of drug-likeness (QED) is 0.840. The molecule has 1 fully saturated rings. The van der Waals surface area contributed by atoms with E-state index in [0.717, 1.165) is 0 Å². The molecule has 0 aromatic heterocycles. The lowest BCUT2D eigenvalue weighted by Crippen LogP contribution is -2.61. The molecule has 0 bridgehead atoms. The third kappa shape index (κ3) is 2.00. The number of anilines is 1. The van der Waals surface area contributed by atoms with Gasteiger partial charge in [0.15, 0.2) is 0 Å². The van der Waals surface area contributed by atoms with Crippen LogP contribution >= 0.6 is 11.6 Å². The van der Waals surface area contributed by atoms with Crippen molar-refractivity contribution in [3.05, 3.63) is 29.3 Å². The van der Waals surface area contributed by atoms with Gasteiger partial charge in [0.2, 0.25) is 0 Å². The molecule has 1 aliphatic heterocycles. The van der Waals surface area contributed by atoms with Gasteiger partial charge >= 0.3 is 22.3 Å². The Bertz CT molecular complexity index is 613. The fraction of sp³-hybridized carbons (Fsp3) is 0.111. The second kappa shape index (κ2) is 4.14. The smallest absolute Gasteiger partial charge is 0.247 e. The van der Waals surface area contributed by atoms with Crippen molar-refractivity contribution in [2.24, 2.45) is 0 Å². The number of urea groups is 2. The minimum absolute atomic E-state index is 0.0938. The number of imide groups is 1. The van der Waals surface area contributed by atoms with Crippen LogP contribution in [-0.2, 0) is 10.2 Å². The summed E-state index contributed by atoms with van der Waals surface area (Å²) in [5, 5.41) is 0.401. The first kappa shape index (κ1) is 12.7. The summed E-state index contributed by atoms with van der Waals surface area (Å²) in [6.07, 6.45) is 0. The van der Waals surface area contributed by atoms with Gasteiger partial charge in [0, 0.05) is 12.1 Å². The summed E-state index contributed by atoms with van der Waals surface area (Å²) in [7, 11) is -3.05. The van der Waals surface area contributed by atoms with Crippen LogP contribution in [0.2, 0.25) is 5.02 Å². The van der Waals surface area contributed by atoms with Crippen LogP contribution in [0.15, 0.2) is 24.3 Å². The zero-order valence-electron chi connectivity index (χ0n) is 9.12. The molecule has 0 saturated carbocycles. The standard InChI is InChI=1S/C9H8ClN3O4S/c1-12-8(14)11-18(16,17)13(9(12)15)7-4-2-6(10)3-5-7/h2-5H,1H3,(H,11,14). The Balaban J connectivity index is 2.50. The predicted molar refractivity (Wildman–Crippen MR) is 64.5 cm³/mol. The Morgan fingerprint density at radius 1 is 1.17 bits per heavy atom. The predicted octanol–water partition coefficient (Wildman–Crippen LogP) is 1.17. The fourth-order valence-electron chi connectivity index (χ4n) is 1.38. The molecule has 1 saturated heterocycles. The Kier molecular flexibility index (Phi) is 2.91. The normalized spacial score (nSPS) is 18.8. The third-order valence-corrected chi connectivity index (χ3v) is 3.82. The van der Waals surface area contributed by atoms with E-state index in [9.17, 15) is 18.0 Å².